The summed E-state index contributed by atoms with van der Waals surface area (Å²) in [5.74, 6) is -0.927. The number of hydrogen-bond donors (Lipinski definition) is 1. The third kappa shape index (κ3) is 4.96. The van der Waals surface area contributed by atoms with Gasteiger partial charge in [-0.25, -0.2) is 9.78 Å². The predicted molar refractivity (Wildman–Crippen MR) is 86.8 cm³/mol. The standard InChI is InChI=1S/C13H14N4O4S2/c1-8-4-16-9(5-15-8)12(20)21-6-10(18)14-2-3-17-11(19)7-23-13(17)22/h4-5H,2-3,6-7H2,1H3,(H,14,18). The Balaban J connectivity index is 1.69. The van der Waals surface area contributed by atoms with E-state index in [2.05, 4.69) is 15.3 Å². The Hall–Kier alpha value is -2.07. The van der Waals surface area contributed by atoms with Gasteiger partial charge in [0, 0.05) is 19.3 Å². The number of nitrogens with one attached hydrogen (secondary N) is 1. The second-order valence-corrected chi connectivity index (χ2v) is 6.18. The van der Waals surface area contributed by atoms with Gasteiger partial charge in [-0.1, -0.05) is 24.0 Å². The molecule has 2 amide bonds. The number of ether oxygens (including phenoxy) is 1. The van der Waals surface area contributed by atoms with E-state index in [9.17, 15) is 14.4 Å². The Morgan fingerprint density at radius 1 is 1.43 bits per heavy atom. The average Bonchev–Trinajstić information content (AvgIpc) is 2.85. The van der Waals surface area contributed by atoms with Gasteiger partial charge in [-0.3, -0.25) is 19.5 Å². The van der Waals surface area contributed by atoms with Gasteiger partial charge in [-0.2, -0.15) is 0 Å². The molecule has 0 saturated carbocycles. The molecule has 8 nitrogen and oxygen atoms in total. The van der Waals surface area contributed by atoms with E-state index in [4.69, 9.17) is 17.0 Å². The lowest BCUT2D eigenvalue weighted by Crippen LogP contribution is -2.38. The summed E-state index contributed by atoms with van der Waals surface area (Å²) < 4.78 is 5.34. The summed E-state index contributed by atoms with van der Waals surface area (Å²) in [6, 6.07) is 0. The van der Waals surface area contributed by atoms with E-state index < -0.39 is 18.5 Å². The first-order chi connectivity index (χ1) is 11.0. The molecule has 0 aliphatic carbocycles. The lowest BCUT2D eigenvalue weighted by molar-refractivity contribution is -0.126. The van der Waals surface area contributed by atoms with Crippen LogP contribution in [0, 0.1) is 6.92 Å². The van der Waals surface area contributed by atoms with Crippen molar-refractivity contribution in [3.8, 4) is 0 Å². The molecule has 1 aromatic heterocycles. The van der Waals surface area contributed by atoms with Crippen molar-refractivity contribution in [1.29, 1.82) is 0 Å². The van der Waals surface area contributed by atoms with Gasteiger partial charge in [0.15, 0.2) is 12.3 Å². The number of nitrogens with zero attached hydrogens (tertiary/aromatic N) is 3. The molecule has 0 spiro atoms. The molecule has 1 aliphatic rings. The first-order valence-corrected chi connectivity index (χ1v) is 8.06. The SMILES string of the molecule is Cc1cnc(C(=O)OCC(=O)NCCN2C(=O)CSC2=S)cn1. The highest BCUT2D eigenvalue weighted by Crippen LogP contribution is 2.18. The number of aromatic nitrogens is 2. The van der Waals surface area contributed by atoms with Crippen LogP contribution in [-0.4, -0.2) is 62.4 Å². The normalized spacial score (nSPS) is 14.0. The molecule has 1 aromatic rings. The first kappa shape index (κ1) is 17.3. The number of thiocarbonyl (C=S) groups is 1. The topological polar surface area (TPSA) is 101 Å². The second kappa shape index (κ2) is 7.97. The number of esters is 1. The number of rotatable bonds is 6. The monoisotopic (exact) mass is 354 g/mol. The van der Waals surface area contributed by atoms with E-state index in [0.717, 1.165) is 0 Å². The summed E-state index contributed by atoms with van der Waals surface area (Å²) in [7, 11) is 0. The largest absolute Gasteiger partial charge is 0.451 e. The van der Waals surface area contributed by atoms with Crippen molar-refractivity contribution in [3.05, 3.63) is 23.8 Å². The van der Waals surface area contributed by atoms with E-state index in [1.165, 1.54) is 29.1 Å². The van der Waals surface area contributed by atoms with E-state index >= 15 is 0 Å². The lowest BCUT2D eigenvalue weighted by atomic mass is 10.4. The zero-order valence-corrected chi connectivity index (χ0v) is 13.9. The molecular weight excluding hydrogens is 340 g/mol. The van der Waals surface area contributed by atoms with Crippen LogP contribution < -0.4 is 5.32 Å². The first-order valence-electron chi connectivity index (χ1n) is 6.67. The van der Waals surface area contributed by atoms with Crippen molar-refractivity contribution < 1.29 is 19.1 Å². The zero-order valence-electron chi connectivity index (χ0n) is 12.3. The van der Waals surface area contributed by atoms with Crippen LogP contribution in [0.5, 0.6) is 0 Å². The zero-order chi connectivity index (χ0) is 16.8. The fraction of sp³-hybridized carbons (Fsp3) is 0.385. The summed E-state index contributed by atoms with van der Waals surface area (Å²) >= 11 is 6.32. The Kier molecular flexibility index (Phi) is 5.99. The van der Waals surface area contributed by atoms with Crippen molar-refractivity contribution in [2.24, 2.45) is 0 Å². The van der Waals surface area contributed by atoms with Gasteiger partial charge in [0.25, 0.3) is 5.91 Å². The maximum absolute atomic E-state index is 11.7. The van der Waals surface area contributed by atoms with E-state index in [1.807, 2.05) is 0 Å². The van der Waals surface area contributed by atoms with Crippen LogP contribution in [0.4, 0.5) is 0 Å². The molecule has 1 aliphatic heterocycles. The number of hydrogen-bond acceptors (Lipinski definition) is 8. The third-order valence-corrected chi connectivity index (χ3v) is 4.26. The fourth-order valence-electron chi connectivity index (χ4n) is 1.66. The van der Waals surface area contributed by atoms with Gasteiger partial charge in [0.1, 0.15) is 4.32 Å². The molecular formula is C13H14N4O4S2. The van der Waals surface area contributed by atoms with Gasteiger partial charge in [-0.15, -0.1) is 0 Å². The maximum Gasteiger partial charge on any atom is 0.359 e. The number of carbonyl (C=O) groups excluding carboxylic acids is 3. The maximum atomic E-state index is 11.7. The van der Waals surface area contributed by atoms with Crippen LogP contribution in [0.2, 0.25) is 0 Å². The van der Waals surface area contributed by atoms with Crippen LogP contribution in [0.1, 0.15) is 16.2 Å². The molecule has 2 heterocycles. The number of amides is 2. The Morgan fingerprint density at radius 2 is 2.22 bits per heavy atom. The van der Waals surface area contributed by atoms with Crippen LogP contribution in [0.3, 0.4) is 0 Å². The quantitative estimate of drug-likeness (QED) is 0.559. The van der Waals surface area contributed by atoms with Crippen LogP contribution in [0.25, 0.3) is 0 Å². The van der Waals surface area contributed by atoms with Crippen molar-refractivity contribution in [1.82, 2.24) is 20.2 Å². The molecule has 1 N–H and O–H groups in total. The van der Waals surface area contributed by atoms with Crippen LogP contribution in [-0.2, 0) is 14.3 Å². The molecule has 0 atom stereocenters. The second-order valence-electron chi connectivity index (χ2n) is 4.57. The Morgan fingerprint density at radius 3 is 2.83 bits per heavy atom. The summed E-state index contributed by atoms with van der Waals surface area (Å²) in [6.07, 6.45) is 2.72. The number of carbonyl (C=O) groups is 3. The molecule has 23 heavy (non-hydrogen) atoms. The summed E-state index contributed by atoms with van der Waals surface area (Å²) in [4.78, 5) is 44.0. The molecule has 0 radical (unpaired) electrons. The smallest absolute Gasteiger partial charge is 0.359 e. The van der Waals surface area contributed by atoms with Gasteiger partial charge in [0.2, 0.25) is 5.91 Å². The average molecular weight is 354 g/mol. The van der Waals surface area contributed by atoms with Crippen molar-refractivity contribution >= 4 is 46.1 Å². The highest BCUT2D eigenvalue weighted by atomic mass is 32.2. The lowest BCUT2D eigenvalue weighted by Gasteiger charge is -2.15. The molecule has 122 valence electrons. The fourth-order valence-corrected chi connectivity index (χ4v) is 2.78. The predicted octanol–water partition coefficient (Wildman–Crippen LogP) is -0.0817. The Bertz CT molecular complexity index is 619. The number of thioether (sulfide) groups is 1. The summed E-state index contributed by atoms with van der Waals surface area (Å²) in [6.45, 7) is 1.84. The minimum atomic E-state index is -0.722. The van der Waals surface area contributed by atoms with Crippen LogP contribution >= 0.6 is 24.0 Å². The number of aryl methyl sites for hydroxylation is 1. The summed E-state index contributed by atoms with van der Waals surface area (Å²) in [5.41, 5.74) is 0.709. The molecule has 10 heteroatoms. The Labute approximate surface area is 142 Å². The van der Waals surface area contributed by atoms with Gasteiger partial charge < -0.3 is 10.1 Å². The molecule has 0 bridgehead atoms. The van der Waals surface area contributed by atoms with E-state index in [-0.39, 0.29) is 18.1 Å². The van der Waals surface area contributed by atoms with Gasteiger partial charge in [-0.05, 0) is 6.92 Å². The highest BCUT2D eigenvalue weighted by molar-refractivity contribution is 8.23. The van der Waals surface area contributed by atoms with Crippen molar-refractivity contribution in [3.63, 3.8) is 0 Å². The minimum Gasteiger partial charge on any atom is -0.451 e. The highest BCUT2D eigenvalue weighted by Gasteiger charge is 2.25. The van der Waals surface area contributed by atoms with Crippen molar-refractivity contribution in [2.45, 2.75) is 6.92 Å². The minimum absolute atomic E-state index is 0.0356. The molecule has 0 unspecified atom stereocenters. The third-order valence-electron chi connectivity index (χ3n) is 2.82. The van der Waals surface area contributed by atoms with E-state index in [1.54, 1.807) is 6.92 Å². The van der Waals surface area contributed by atoms with Gasteiger partial charge in [0.05, 0.1) is 17.6 Å². The molecule has 1 saturated heterocycles. The van der Waals surface area contributed by atoms with Gasteiger partial charge >= 0.3 is 5.97 Å². The van der Waals surface area contributed by atoms with E-state index in [0.29, 0.717) is 22.3 Å². The van der Waals surface area contributed by atoms with Crippen LogP contribution in [0.15, 0.2) is 12.4 Å². The molecule has 2 rings (SSSR count). The van der Waals surface area contributed by atoms with Crippen molar-refractivity contribution in [2.75, 3.05) is 25.4 Å². The summed E-state index contributed by atoms with van der Waals surface area (Å²) in [5, 5.41) is 2.55. The molecule has 1 fully saturated rings. The molecule has 0 aromatic carbocycles.